The summed E-state index contributed by atoms with van der Waals surface area (Å²) in [4.78, 5) is 12.8. The van der Waals surface area contributed by atoms with E-state index in [1.807, 2.05) is 12.4 Å². The molecule has 0 amide bonds. The zero-order chi connectivity index (χ0) is 13.6. The number of hydrogen-bond acceptors (Lipinski definition) is 5. The standard InChI is InChI=1S/C13H12BrN3S2/c1-6-7(2)19-13-10(6)12(15-3)16-11(17-13)9-4-8(14)5-18-9/h4-5H,1-3H3,(H,15,16,17). The fourth-order valence-electron chi connectivity index (χ4n) is 1.97. The van der Waals surface area contributed by atoms with E-state index in [2.05, 4.69) is 46.1 Å². The molecule has 19 heavy (non-hydrogen) atoms. The molecule has 1 N–H and O–H groups in total. The van der Waals surface area contributed by atoms with Crippen LogP contribution in [0.2, 0.25) is 0 Å². The van der Waals surface area contributed by atoms with Crippen LogP contribution in [0.25, 0.3) is 20.9 Å². The highest BCUT2D eigenvalue weighted by Crippen LogP contribution is 2.36. The number of aromatic nitrogens is 2. The van der Waals surface area contributed by atoms with E-state index < -0.39 is 0 Å². The van der Waals surface area contributed by atoms with Crippen molar-refractivity contribution in [3.63, 3.8) is 0 Å². The molecule has 3 aromatic heterocycles. The summed E-state index contributed by atoms with van der Waals surface area (Å²) >= 11 is 6.84. The summed E-state index contributed by atoms with van der Waals surface area (Å²) in [6.45, 7) is 4.25. The summed E-state index contributed by atoms with van der Waals surface area (Å²) in [6, 6.07) is 2.05. The van der Waals surface area contributed by atoms with Gasteiger partial charge in [0.25, 0.3) is 0 Å². The Hall–Kier alpha value is -0.980. The molecule has 3 nitrogen and oxygen atoms in total. The summed E-state index contributed by atoms with van der Waals surface area (Å²) in [5.41, 5.74) is 1.27. The minimum atomic E-state index is 0.786. The number of anilines is 1. The van der Waals surface area contributed by atoms with Crippen LogP contribution in [-0.4, -0.2) is 17.0 Å². The van der Waals surface area contributed by atoms with Crippen molar-refractivity contribution >= 4 is 54.6 Å². The maximum atomic E-state index is 4.71. The average molecular weight is 354 g/mol. The molecule has 3 aromatic rings. The molecule has 0 aliphatic carbocycles. The molecule has 0 saturated heterocycles. The second-order valence-electron chi connectivity index (χ2n) is 4.24. The normalized spacial score (nSPS) is 11.2. The zero-order valence-electron chi connectivity index (χ0n) is 10.7. The van der Waals surface area contributed by atoms with E-state index in [0.717, 1.165) is 31.2 Å². The molecule has 6 heteroatoms. The maximum Gasteiger partial charge on any atom is 0.173 e. The molecule has 0 saturated carbocycles. The number of rotatable bonds is 2. The predicted octanol–water partition coefficient (Wildman–Crippen LogP) is 4.84. The molecule has 0 unspecified atom stereocenters. The van der Waals surface area contributed by atoms with Gasteiger partial charge >= 0.3 is 0 Å². The smallest absolute Gasteiger partial charge is 0.173 e. The first kappa shape index (κ1) is 13.0. The van der Waals surface area contributed by atoms with Gasteiger partial charge in [0, 0.05) is 21.8 Å². The molecule has 98 valence electrons. The quantitative estimate of drug-likeness (QED) is 0.716. The summed E-state index contributed by atoms with van der Waals surface area (Å²) in [6.07, 6.45) is 0. The predicted molar refractivity (Wildman–Crippen MR) is 87.4 cm³/mol. The molecular weight excluding hydrogens is 342 g/mol. The van der Waals surface area contributed by atoms with Crippen molar-refractivity contribution in [3.8, 4) is 10.7 Å². The molecule has 0 aliphatic heterocycles. The Kier molecular flexibility index (Phi) is 3.32. The molecule has 0 spiro atoms. The Morgan fingerprint density at radius 2 is 2.05 bits per heavy atom. The molecule has 3 rings (SSSR count). The fourth-order valence-corrected chi connectivity index (χ4v) is 4.36. The van der Waals surface area contributed by atoms with Crippen molar-refractivity contribution in [2.75, 3.05) is 12.4 Å². The van der Waals surface area contributed by atoms with Crippen LogP contribution in [0.3, 0.4) is 0 Å². The third-order valence-electron chi connectivity index (χ3n) is 3.05. The number of thiophene rings is 2. The van der Waals surface area contributed by atoms with Crippen LogP contribution in [0, 0.1) is 13.8 Å². The highest BCUT2D eigenvalue weighted by Gasteiger charge is 2.15. The van der Waals surface area contributed by atoms with Crippen LogP contribution in [0.5, 0.6) is 0 Å². The minimum Gasteiger partial charge on any atom is -0.372 e. The summed E-state index contributed by atoms with van der Waals surface area (Å²) in [7, 11) is 1.91. The Balaban J connectivity index is 2.28. The number of nitrogens with one attached hydrogen (secondary N) is 1. The van der Waals surface area contributed by atoms with Crippen LogP contribution in [-0.2, 0) is 0 Å². The largest absolute Gasteiger partial charge is 0.372 e. The van der Waals surface area contributed by atoms with Gasteiger partial charge < -0.3 is 5.32 Å². The van der Waals surface area contributed by atoms with E-state index in [0.29, 0.717) is 0 Å². The van der Waals surface area contributed by atoms with Gasteiger partial charge in [-0.2, -0.15) is 0 Å². The summed E-state index contributed by atoms with van der Waals surface area (Å²) in [5.74, 6) is 1.69. The van der Waals surface area contributed by atoms with Gasteiger partial charge in [0.1, 0.15) is 10.6 Å². The summed E-state index contributed by atoms with van der Waals surface area (Å²) in [5, 5.41) is 6.38. The van der Waals surface area contributed by atoms with Gasteiger partial charge in [-0.05, 0) is 41.4 Å². The van der Waals surface area contributed by atoms with Crippen molar-refractivity contribution in [1.82, 2.24) is 9.97 Å². The lowest BCUT2D eigenvalue weighted by molar-refractivity contribution is 1.23. The van der Waals surface area contributed by atoms with Gasteiger partial charge in [0.2, 0.25) is 0 Å². The van der Waals surface area contributed by atoms with Crippen LogP contribution in [0.4, 0.5) is 5.82 Å². The number of nitrogens with zero attached hydrogens (tertiary/aromatic N) is 2. The fraction of sp³-hybridized carbons (Fsp3) is 0.231. The van der Waals surface area contributed by atoms with E-state index in [-0.39, 0.29) is 0 Å². The molecule has 0 atom stereocenters. The van der Waals surface area contributed by atoms with E-state index in [1.165, 1.54) is 10.4 Å². The number of fused-ring (bicyclic) bond motifs is 1. The molecule has 0 aliphatic rings. The van der Waals surface area contributed by atoms with E-state index in [1.54, 1.807) is 22.7 Å². The van der Waals surface area contributed by atoms with E-state index >= 15 is 0 Å². The monoisotopic (exact) mass is 353 g/mol. The van der Waals surface area contributed by atoms with Gasteiger partial charge in [-0.15, -0.1) is 22.7 Å². The Morgan fingerprint density at radius 1 is 1.26 bits per heavy atom. The van der Waals surface area contributed by atoms with E-state index in [9.17, 15) is 0 Å². The SMILES string of the molecule is CNc1nc(-c2cc(Br)cs2)nc2sc(C)c(C)c12. The molecule has 3 heterocycles. The first-order valence-corrected chi connectivity index (χ1v) is 8.29. The lowest BCUT2D eigenvalue weighted by atomic mass is 10.2. The van der Waals surface area contributed by atoms with Gasteiger partial charge in [0.05, 0.1) is 10.3 Å². The third-order valence-corrected chi connectivity index (χ3v) is 5.84. The lowest BCUT2D eigenvalue weighted by Gasteiger charge is -2.05. The number of aryl methyl sites for hydroxylation is 2. The Morgan fingerprint density at radius 3 is 2.68 bits per heavy atom. The van der Waals surface area contributed by atoms with Gasteiger partial charge in [-0.1, -0.05) is 0 Å². The van der Waals surface area contributed by atoms with Gasteiger partial charge in [-0.25, -0.2) is 9.97 Å². The number of halogens is 1. The maximum absolute atomic E-state index is 4.71. The highest BCUT2D eigenvalue weighted by atomic mass is 79.9. The van der Waals surface area contributed by atoms with Crippen LogP contribution < -0.4 is 5.32 Å². The summed E-state index contributed by atoms with van der Waals surface area (Å²) < 4.78 is 1.07. The molecular formula is C13H12BrN3S2. The van der Waals surface area contributed by atoms with Crippen molar-refractivity contribution in [3.05, 3.63) is 26.4 Å². The highest BCUT2D eigenvalue weighted by molar-refractivity contribution is 9.10. The molecule has 0 fully saturated rings. The first-order valence-electron chi connectivity index (χ1n) is 5.80. The second-order valence-corrected chi connectivity index (χ2v) is 7.27. The van der Waals surface area contributed by atoms with Gasteiger partial charge in [0.15, 0.2) is 5.82 Å². The third kappa shape index (κ3) is 2.17. The van der Waals surface area contributed by atoms with Crippen molar-refractivity contribution < 1.29 is 0 Å². The minimum absolute atomic E-state index is 0.786. The zero-order valence-corrected chi connectivity index (χ0v) is 14.0. The molecule has 0 aromatic carbocycles. The Bertz CT molecular complexity index is 761. The number of hydrogen-bond donors (Lipinski definition) is 1. The van der Waals surface area contributed by atoms with Crippen molar-refractivity contribution in [2.45, 2.75) is 13.8 Å². The van der Waals surface area contributed by atoms with Crippen LogP contribution in [0.15, 0.2) is 15.9 Å². The van der Waals surface area contributed by atoms with E-state index in [4.69, 9.17) is 4.98 Å². The lowest BCUT2D eigenvalue weighted by Crippen LogP contribution is -1.97. The van der Waals surface area contributed by atoms with Crippen molar-refractivity contribution in [2.24, 2.45) is 0 Å². The van der Waals surface area contributed by atoms with Crippen LogP contribution in [0.1, 0.15) is 10.4 Å². The average Bonchev–Trinajstić information content (AvgIpc) is 2.94. The molecule has 0 bridgehead atoms. The Labute approximate surface area is 127 Å². The van der Waals surface area contributed by atoms with Crippen LogP contribution >= 0.6 is 38.6 Å². The molecule has 0 radical (unpaired) electrons. The second kappa shape index (κ2) is 4.85. The topological polar surface area (TPSA) is 37.8 Å². The van der Waals surface area contributed by atoms with Gasteiger partial charge in [-0.3, -0.25) is 0 Å². The first-order chi connectivity index (χ1) is 9.10. The van der Waals surface area contributed by atoms with Crippen molar-refractivity contribution in [1.29, 1.82) is 0 Å².